The van der Waals surface area contributed by atoms with Gasteiger partial charge in [0.2, 0.25) is 0 Å². The van der Waals surface area contributed by atoms with Crippen LogP contribution in [0.25, 0.3) is 0 Å². The van der Waals surface area contributed by atoms with Crippen LogP contribution >= 0.6 is 0 Å². The van der Waals surface area contributed by atoms with Gasteiger partial charge in [0.15, 0.2) is 0 Å². The van der Waals surface area contributed by atoms with Gasteiger partial charge in [-0.2, -0.15) is 0 Å². The van der Waals surface area contributed by atoms with Crippen LogP contribution in [0.4, 0.5) is 4.39 Å². The third-order valence-corrected chi connectivity index (χ3v) is 3.81. The summed E-state index contributed by atoms with van der Waals surface area (Å²) in [5.74, 6) is -0.169. The summed E-state index contributed by atoms with van der Waals surface area (Å²) < 4.78 is 18.7. The Balaban J connectivity index is 1.92. The van der Waals surface area contributed by atoms with E-state index >= 15 is 0 Å². The van der Waals surface area contributed by atoms with Crippen LogP contribution in [-0.4, -0.2) is 44.3 Å². The van der Waals surface area contributed by atoms with Crippen LogP contribution in [-0.2, 0) is 4.74 Å². The van der Waals surface area contributed by atoms with Crippen molar-refractivity contribution in [1.82, 2.24) is 10.2 Å². The molecular weight excluding hydrogens is 243 g/mol. The third-order valence-electron chi connectivity index (χ3n) is 3.81. The molecule has 1 aromatic rings. The van der Waals surface area contributed by atoms with E-state index in [2.05, 4.69) is 17.1 Å². The van der Waals surface area contributed by atoms with Gasteiger partial charge in [0.05, 0.1) is 13.2 Å². The number of morpholine rings is 1. The van der Waals surface area contributed by atoms with Gasteiger partial charge in [-0.15, -0.1) is 0 Å². The molecule has 0 spiro atoms. The van der Waals surface area contributed by atoms with E-state index in [-0.39, 0.29) is 11.9 Å². The molecule has 3 nitrogen and oxygen atoms in total. The number of hydrogen-bond acceptors (Lipinski definition) is 3. The summed E-state index contributed by atoms with van der Waals surface area (Å²) in [5.41, 5.74) is 1.02. The van der Waals surface area contributed by atoms with Crippen molar-refractivity contribution in [3.05, 3.63) is 35.6 Å². The van der Waals surface area contributed by atoms with Gasteiger partial charge < -0.3 is 10.1 Å². The van der Waals surface area contributed by atoms with Crippen molar-refractivity contribution in [2.75, 3.05) is 33.4 Å². The van der Waals surface area contributed by atoms with Crippen LogP contribution < -0.4 is 5.32 Å². The Labute approximate surface area is 114 Å². The second-order valence-corrected chi connectivity index (χ2v) is 5.14. The van der Waals surface area contributed by atoms with E-state index in [1.54, 1.807) is 12.1 Å². The van der Waals surface area contributed by atoms with E-state index in [0.717, 1.165) is 38.3 Å². The molecule has 1 aliphatic rings. The van der Waals surface area contributed by atoms with Gasteiger partial charge in [-0.1, -0.05) is 12.1 Å². The fraction of sp³-hybridized carbons (Fsp3) is 0.600. The lowest BCUT2D eigenvalue weighted by Crippen LogP contribution is -2.44. The lowest BCUT2D eigenvalue weighted by Gasteiger charge is -2.34. The minimum absolute atomic E-state index is 0.169. The number of halogens is 1. The first-order chi connectivity index (χ1) is 9.20. The van der Waals surface area contributed by atoms with Crippen molar-refractivity contribution >= 4 is 0 Å². The molecule has 106 valence electrons. The van der Waals surface area contributed by atoms with Gasteiger partial charge in [-0.05, 0) is 38.1 Å². The maximum atomic E-state index is 13.3. The molecular formula is C15H23FN2O. The Morgan fingerprint density at radius 2 is 2.37 bits per heavy atom. The molecule has 19 heavy (non-hydrogen) atoms. The predicted molar refractivity (Wildman–Crippen MR) is 74.7 cm³/mol. The zero-order valence-corrected chi connectivity index (χ0v) is 11.7. The summed E-state index contributed by atoms with van der Waals surface area (Å²) >= 11 is 0. The summed E-state index contributed by atoms with van der Waals surface area (Å²) in [4.78, 5) is 2.44. The lowest BCUT2D eigenvalue weighted by atomic mass is 10.0. The SMILES string of the molecule is CNC(CCN1CCOCC1C)c1cccc(F)c1. The molecule has 1 aromatic carbocycles. The molecule has 4 heteroatoms. The fourth-order valence-corrected chi connectivity index (χ4v) is 2.59. The minimum atomic E-state index is -0.169. The fourth-order valence-electron chi connectivity index (χ4n) is 2.59. The van der Waals surface area contributed by atoms with Crippen molar-refractivity contribution < 1.29 is 9.13 Å². The van der Waals surface area contributed by atoms with Gasteiger partial charge in [0.1, 0.15) is 5.82 Å². The van der Waals surface area contributed by atoms with E-state index in [9.17, 15) is 4.39 Å². The van der Waals surface area contributed by atoms with Crippen LogP contribution in [0.5, 0.6) is 0 Å². The Hall–Kier alpha value is -0.970. The van der Waals surface area contributed by atoms with E-state index in [4.69, 9.17) is 4.74 Å². The topological polar surface area (TPSA) is 24.5 Å². The summed E-state index contributed by atoms with van der Waals surface area (Å²) in [7, 11) is 1.93. The molecule has 1 heterocycles. The van der Waals surface area contributed by atoms with Gasteiger partial charge >= 0.3 is 0 Å². The Morgan fingerprint density at radius 3 is 3.05 bits per heavy atom. The number of ether oxygens (including phenoxy) is 1. The zero-order valence-electron chi connectivity index (χ0n) is 11.7. The number of rotatable bonds is 5. The summed E-state index contributed by atoms with van der Waals surface area (Å²) in [6.45, 7) is 5.81. The maximum Gasteiger partial charge on any atom is 0.123 e. The van der Waals surface area contributed by atoms with Crippen LogP contribution in [0.15, 0.2) is 24.3 Å². The molecule has 2 unspecified atom stereocenters. The molecule has 0 bridgehead atoms. The molecule has 0 amide bonds. The van der Waals surface area contributed by atoms with Crippen molar-refractivity contribution in [2.24, 2.45) is 0 Å². The van der Waals surface area contributed by atoms with Crippen LogP contribution in [0, 0.1) is 5.82 Å². The van der Waals surface area contributed by atoms with Crippen molar-refractivity contribution in [2.45, 2.75) is 25.4 Å². The molecule has 0 saturated carbocycles. The highest BCUT2D eigenvalue weighted by Gasteiger charge is 2.20. The lowest BCUT2D eigenvalue weighted by molar-refractivity contribution is -0.00174. The first kappa shape index (κ1) is 14.4. The van der Waals surface area contributed by atoms with Crippen LogP contribution in [0.2, 0.25) is 0 Å². The number of hydrogen-bond donors (Lipinski definition) is 1. The molecule has 0 radical (unpaired) electrons. The average Bonchev–Trinajstić information content (AvgIpc) is 2.41. The summed E-state index contributed by atoms with van der Waals surface area (Å²) in [6.07, 6.45) is 0.976. The molecule has 0 aromatic heterocycles. The second-order valence-electron chi connectivity index (χ2n) is 5.14. The molecule has 2 rings (SSSR count). The van der Waals surface area contributed by atoms with Crippen molar-refractivity contribution in [3.8, 4) is 0 Å². The Kier molecular flexibility index (Phi) is 5.31. The van der Waals surface area contributed by atoms with E-state index in [0.29, 0.717) is 6.04 Å². The quantitative estimate of drug-likeness (QED) is 0.884. The van der Waals surface area contributed by atoms with Gasteiger partial charge in [-0.3, -0.25) is 4.90 Å². The molecule has 2 atom stereocenters. The van der Waals surface area contributed by atoms with E-state index < -0.39 is 0 Å². The first-order valence-corrected chi connectivity index (χ1v) is 6.95. The monoisotopic (exact) mass is 266 g/mol. The highest BCUT2D eigenvalue weighted by atomic mass is 19.1. The molecule has 1 N–H and O–H groups in total. The Morgan fingerprint density at radius 1 is 1.53 bits per heavy atom. The standard InChI is InChI=1S/C15H23FN2O/c1-12-11-19-9-8-18(12)7-6-15(17-2)13-4-3-5-14(16)10-13/h3-5,10,12,15,17H,6-9,11H2,1-2H3. The molecule has 1 fully saturated rings. The van der Waals surface area contributed by atoms with E-state index in [1.165, 1.54) is 6.07 Å². The normalized spacial score (nSPS) is 22.4. The Bertz CT molecular complexity index is 399. The number of nitrogens with zero attached hydrogens (tertiary/aromatic N) is 1. The smallest absolute Gasteiger partial charge is 0.123 e. The first-order valence-electron chi connectivity index (χ1n) is 6.95. The summed E-state index contributed by atoms with van der Waals surface area (Å²) in [6, 6.07) is 7.52. The summed E-state index contributed by atoms with van der Waals surface area (Å²) in [5, 5.41) is 3.28. The van der Waals surface area contributed by atoms with Crippen molar-refractivity contribution in [3.63, 3.8) is 0 Å². The van der Waals surface area contributed by atoms with Gasteiger partial charge in [0, 0.05) is 25.2 Å². The van der Waals surface area contributed by atoms with Crippen molar-refractivity contribution in [1.29, 1.82) is 0 Å². The molecule has 0 aliphatic carbocycles. The number of benzene rings is 1. The molecule has 1 saturated heterocycles. The van der Waals surface area contributed by atoms with Gasteiger partial charge in [0.25, 0.3) is 0 Å². The van der Waals surface area contributed by atoms with Crippen LogP contribution in [0.3, 0.4) is 0 Å². The number of nitrogens with one attached hydrogen (secondary N) is 1. The minimum Gasteiger partial charge on any atom is -0.379 e. The maximum absolute atomic E-state index is 13.3. The zero-order chi connectivity index (χ0) is 13.7. The third kappa shape index (κ3) is 4.00. The highest BCUT2D eigenvalue weighted by molar-refractivity contribution is 5.20. The molecule has 1 aliphatic heterocycles. The second kappa shape index (κ2) is 6.98. The predicted octanol–water partition coefficient (Wildman–Crippen LogP) is 2.20. The van der Waals surface area contributed by atoms with E-state index in [1.807, 2.05) is 13.1 Å². The largest absolute Gasteiger partial charge is 0.379 e. The average molecular weight is 266 g/mol. The van der Waals surface area contributed by atoms with Gasteiger partial charge in [-0.25, -0.2) is 4.39 Å². The highest BCUT2D eigenvalue weighted by Crippen LogP contribution is 2.19. The van der Waals surface area contributed by atoms with Crippen LogP contribution in [0.1, 0.15) is 24.9 Å².